The molecule has 0 spiro atoms. The number of carbonyl (C=O) groups is 1. The molecule has 0 N–H and O–H groups in total. The molecule has 1 saturated heterocycles. The van der Waals surface area contributed by atoms with Crippen molar-refractivity contribution in [3.8, 4) is 0 Å². The predicted molar refractivity (Wildman–Crippen MR) is 98.6 cm³/mol. The lowest BCUT2D eigenvalue weighted by Crippen LogP contribution is -2.41. The highest BCUT2D eigenvalue weighted by Crippen LogP contribution is 2.45. The van der Waals surface area contributed by atoms with E-state index in [0.717, 1.165) is 18.8 Å². The Balaban J connectivity index is 2.11. The third kappa shape index (κ3) is 4.25. The summed E-state index contributed by atoms with van der Waals surface area (Å²) in [5.41, 5.74) is 0. The molecule has 2 fully saturated rings. The summed E-state index contributed by atoms with van der Waals surface area (Å²) in [6.45, 7) is 11.3. The van der Waals surface area contributed by atoms with E-state index in [4.69, 9.17) is 4.74 Å². The van der Waals surface area contributed by atoms with Crippen molar-refractivity contribution < 1.29 is 9.53 Å². The van der Waals surface area contributed by atoms with Crippen LogP contribution >= 0.6 is 0 Å². The molecule has 1 saturated carbocycles. The van der Waals surface area contributed by atoms with Gasteiger partial charge in [-0.25, -0.2) is 4.79 Å². The van der Waals surface area contributed by atoms with E-state index in [-0.39, 0.29) is 24.3 Å². The minimum atomic E-state index is -0.0910. The number of fused-ring (bicyclic) bond motifs is 1. The maximum absolute atomic E-state index is 12.2. The van der Waals surface area contributed by atoms with Crippen LogP contribution in [0.25, 0.3) is 0 Å². The molecule has 23 heavy (non-hydrogen) atoms. The number of hydrogen-bond donors (Lipinski definition) is 0. The quantitative estimate of drug-likeness (QED) is 0.705. The van der Waals surface area contributed by atoms with E-state index in [2.05, 4.69) is 42.5 Å². The van der Waals surface area contributed by atoms with Crippen LogP contribution in [0.15, 0.2) is 0 Å². The molecule has 0 aromatic rings. The van der Waals surface area contributed by atoms with Crippen molar-refractivity contribution in [3.05, 3.63) is 0 Å². The van der Waals surface area contributed by atoms with E-state index in [1.807, 2.05) is 4.90 Å². The average Bonchev–Trinajstić information content (AvgIpc) is 2.75. The second-order valence-corrected chi connectivity index (χ2v) is 8.93. The van der Waals surface area contributed by atoms with Crippen LogP contribution in [-0.4, -0.2) is 37.0 Å². The molecule has 132 valence electrons. The highest BCUT2D eigenvalue weighted by atomic mass is 16.6. The molecule has 1 aliphatic heterocycles. The molecule has 1 amide bonds. The molecule has 0 bridgehead atoms. The second-order valence-electron chi connectivity index (χ2n) is 8.93. The summed E-state index contributed by atoms with van der Waals surface area (Å²) in [7, 11) is 2.48. The SMILES string of the molecule is BC1(C(C)C)CCCCC2C(CCC(C)C1)OC(=O)N2C(C)C. The molecule has 0 aromatic carbocycles. The van der Waals surface area contributed by atoms with Crippen molar-refractivity contribution >= 4 is 13.9 Å². The molecule has 4 unspecified atom stereocenters. The van der Waals surface area contributed by atoms with Gasteiger partial charge in [0.05, 0.1) is 6.04 Å². The first-order chi connectivity index (χ1) is 10.7. The summed E-state index contributed by atoms with van der Waals surface area (Å²) in [6, 6.07) is 0.527. The van der Waals surface area contributed by atoms with Gasteiger partial charge in [-0.15, -0.1) is 0 Å². The molecule has 1 heterocycles. The van der Waals surface area contributed by atoms with Crippen molar-refractivity contribution in [3.63, 3.8) is 0 Å². The van der Waals surface area contributed by atoms with E-state index in [1.165, 1.54) is 32.1 Å². The molecule has 0 radical (unpaired) electrons. The predicted octanol–water partition coefficient (Wildman–Crippen LogP) is 4.41. The first-order valence-corrected chi connectivity index (χ1v) is 9.73. The zero-order chi connectivity index (χ0) is 17.2. The van der Waals surface area contributed by atoms with Crippen molar-refractivity contribution in [1.82, 2.24) is 4.90 Å². The first-order valence-electron chi connectivity index (χ1n) is 9.73. The van der Waals surface area contributed by atoms with E-state index in [0.29, 0.717) is 11.2 Å². The second kappa shape index (κ2) is 7.48. The van der Waals surface area contributed by atoms with Crippen LogP contribution < -0.4 is 0 Å². The summed E-state index contributed by atoms with van der Waals surface area (Å²) in [6.07, 6.45) is 8.38. The smallest absolute Gasteiger partial charge is 0.410 e. The van der Waals surface area contributed by atoms with E-state index in [9.17, 15) is 4.79 Å². The van der Waals surface area contributed by atoms with Gasteiger partial charge < -0.3 is 4.74 Å². The monoisotopic (exact) mass is 321 g/mol. The number of hydrogen-bond acceptors (Lipinski definition) is 2. The van der Waals surface area contributed by atoms with E-state index < -0.39 is 0 Å². The summed E-state index contributed by atoms with van der Waals surface area (Å²) in [4.78, 5) is 14.2. The van der Waals surface area contributed by atoms with Crippen molar-refractivity contribution in [2.75, 3.05) is 0 Å². The third-order valence-electron chi connectivity index (χ3n) is 6.46. The van der Waals surface area contributed by atoms with Gasteiger partial charge in [0.15, 0.2) is 0 Å². The van der Waals surface area contributed by atoms with Crippen LogP contribution in [-0.2, 0) is 4.74 Å². The standard InChI is InChI=1S/C19H36BNO2/c1-13(2)19(20)11-7-6-8-16-17(10-9-15(5)12-19)23-18(22)21(16)14(3)4/h13-17H,6-12,20H2,1-5H3. The lowest BCUT2D eigenvalue weighted by Gasteiger charge is -2.36. The molecule has 4 atom stereocenters. The van der Waals surface area contributed by atoms with Gasteiger partial charge in [0.25, 0.3) is 0 Å². The average molecular weight is 321 g/mol. The van der Waals surface area contributed by atoms with Gasteiger partial charge in [-0.05, 0) is 44.9 Å². The third-order valence-corrected chi connectivity index (χ3v) is 6.46. The summed E-state index contributed by atoms with van der Waals surface area (Å²) < 4.78 is 5.75. The van der Waals surface area contributed by atoms with Crippen LogP contribution in [0, 0.1) is 11.8 Å². The Morgan fingerprint density at radius 3 is 2.48 bits per heavy atom. The van der Waals surface area contributed by atoms with Crippen LogP contribution in [0.2, 0.25) is 5.31 Å². The Morgan fingerprint density at radius 2 is 1.87 bits per heavy atom. The fourth-order valence-electron chi connectivity index (χ4n) is 4.61. The van der Waals surface area contributed by atoms with Crippen molar-refractivity contribution in [2.24, 2.45) is 11.8 Å². The maximum atomic E-state index is 12.2. The summed E-state index contributed by atoms with van der Waals surface area (Å²) in [5.74, 6) is 1.43. The minimum Gasteiger partial charge on any atom is -0.444 e. The number of amides is 1. The molecular weight excluding hydrogens is 285 g/mol. The first kappa shape index (κ1) is 18.7. The van der Waals surface area contributed by atoms with Gasteiger partial charge in [-0.2, -0.15) is 0 Å². The Kier molecular flexibility index (Phi) is 6.07. The number of nitrogens with zero attached hydrogens (tertiary/aromatic N) is 1. The van der Waals surface area contributed by atoms with Gasteiger partial charge in [0.1, 0.15) is 14.0 Å². The van der Waals surface area contributed by atoms with Crippen molar-refractivity contribution in [1.29, 1.82) is 0 Å². The highest BCUT2D eigenvalue weighted by molar-refractivity contribution is 6.15. The zero-order valence-corrected chi connectivity index (χ0v) is 16.1. The fourth-order valence-corrected chi connectivity index (χ4v) is 4.61. The summed E-state index contributed by atoms with van der Waals surface area (Å²) >= 11 is 0. The molecule has 2 aliphatic rings. The molecule has 0 aromatic heterocycles. The zero-order valence-electron chi connectivity index (χ0n) is 16.1. The lowest BCUT2D eigenvalue weighted by atomic mass is 9.55. The molecule has 1 aliphatic carbocycles. The van der Waals surface area contributed by atoms with Crippen LogP contribution in [0.5, 0.6) is 0 Å². The largest absolute Gasteiger partial charge is 0.444 e. The van der Waals surface area contributed by atoms with E-state index >= 15 is 0 Å². The summed E-state index contributed by atoms with van der Waals surface area (Å²) in [5, 5.41) is 0.452. The van der Waals surface area contributed by atoms with Crippen LogP contribution in [0.3, 0.4) is 0 Å². The Labute approximate surface area is 143 Å². The minimum absolute atomic E-state index is 0.0910. The topological polar surface area (TPSA) is 29.5 Å². The Hall–Kier alpha value is -0.665. The van der Waals surface area contributed by atoms with Crippen molar-refractivity contribution in [2.45, 2.75) is 103 Å². The number of ether oxygens (including phenoxy) is 1. The van der Waals surface area contributed by atoms with Gasteiger partial charge >= 0.3 is 6.09 Å². The van der Waals surface area contributed by atoms with Crippen LogP contribution in [0.4, 0.5) is 4.79 Å². The highest BCUT2D eigenvalue weighted by Gasteiger charge is 2.43. The number of rotatable bonds is 2. The van der Waals surface area contributed by atoms with E-state index in [1.54, 1.807) is 0 Å². The Bertz CT molecular complexity index is 412. The fraction of sp³-hybridized carbons (Fsp3) is 0.947. The molecular formula is C19H36BNO2. The van der Waals surface area contributed by atoms with Crippen LogP contribution in [0.1, 0.15) is 79.6 Å². The molecule has 3 nitrogen and oxygen atoms in total. The lowest BCUT2D eigenvalue weighted by molar-refractivity contribution is 0.118. The number of carbonyl (C=O) groups excluding carboxylic acids is 1. The van der Waals surface area contributed by atoms with Gasteiger partial charge in [0.2, 0.25) is 0 Å². The normalized spacial score (nSPS) is 36.7. The Morgan fingerprint density at radius 1 is 1.17 bits per heavy atom. The molecule has 2 rings (SSSR count). The molecule has 4 heteroatoms. The van der Waals surface area contributed by atoms with Gasteiger partial charge in [0, 0.05) is 6.04 Å². The maximum Gasteiger partial charge on any atom is 0.410 e. The van der Waals surface area contributed by atoms with Gasteiger partial charge in [-0.1, -0.05) is 51.8 Å². The van der Waals surface area contributed by atoms with Gasteiger partial charge in [-0.3, -0.25) is 4.90 Å².